The van der Waals surface area contributed by atoms with Gasteiger partial charge in [-0.1, -0.05) is 12.1 Å². The van der Waals surface area contributed by atoms with Crippen molar-refractivity contribution in [2.75, 3.05) is 0 Å². The topological polar surface area (TPSA) is 81.5 Å². The van der Waals surface area contributed by atoms with Gasteiger partial charge in [0.25, 0.3) is 11.6 Å². The second-order valence-corrected chi connectivity index (χ2v) is 6.94. The Bertz CT molecular complexity index is 828. The SMILES string of the molecule is Cc1ccc2c(c1)OC(C)(C)CC2NC(=O)c1ccc([N+](=O)[O-])cc1. The molecule has 1 atom stereocenters. The first-order chi connectivity index (χ1) is 11.7. The Kier molecular flexibility index (Phi) is 4.20. The quantitative estimate of drug-likeness (QED) is 0.678. The third-order valence-corrected chi connectivity index (χ3v) is 4.27. The smallest absolute Gasteiger partial charge is 0.269 e. The largest absolute Gasteiger partial charge is 0.487 e. The zero-order valence-electron chi connectivity index (χ0n) is 14.4. The molecule has 0 saturated heterocycles. The van der Waals surface area contributed by atoms with Crippen LogP contribution in [0.15, 0.2) is 42.5 Å². The molecule has 0 fully saturated rings. The van der Waals surface area contributed by atoms with E-state index in [1.54, 1.807) is 0 Å². The third kappa shape index (κ3) is 3.63. The van der Waals surface area contributed by atoms with Gasteiger partial charge in [-0.2, -0.15) is 0 Å². The fourth-order valence-electron chi connectivity index (χ4n) is 3.06. The van der Waals surface area contributed by atoms with Crippen LogP contribution in [0.25, 0.3) is 0 Å². The molecular formula is C19H20N2O4. The number of aryl methyl sites for hydroxylation is 1. The van der Waals surface area contributed by atoms with Crippen LogP contribution in [0.4, 0.5) is 5.69 Å². The number of ether oxygens (including phenoxy) is 1. The van der Waals surface area contributed by atoms with Crippen LogP contribution < -0.4 is 10.1 Å². The molecule has 1 aliphatic heterocycles. The minimum atomic E-state index is -0.485. The van der Waals surface area contributed by atoms with E-state index >= 15 is 0 Å². The fourth-order valence-corrected chi connectivity index (χ4v) is 3.06. The van der Waals surface area contributed by atoms with Crippen LogP contribution in [0.5, 0.6) is 5.75 Å². The van der Waals surface area contributed by atoms with Crippen LogP contribution in [0.3, 0.4) is 0 Å². The van der Waals surface area contributed by atoms with Crippen molar-refractivity contribution in [3.05, 3.63) is 69.3 Å². The summed E-state index contributed by atoms with van der Waals surface area (Å²) in [6, 6.07) is 11.4. The molecule has 0 aromatic heterocycles. The van der Waals surface area contributed by atoms with Crippen LogP contribution in [-0.4, -0.2) is 16.4 Å². The number of amides is 1. The highest BCUT2D eigenvalue weighted by Crippen LogP contribution is 2.40. The maximum absolute atomic E-state index is 12.6. The third-order valence-electron chi connectivity index (χ3n) is 4.27. The highest BCUT2D eigenvalue weighted by molar-refractivity contribution is 5.94. The van der Waals surface area contributed by atoms with Gasteiger partial charge >= 0.3 is 0 Å². The highest BCUT2D eigenvalue weighted by Gasteiger charge is 2.34. The molecule has 6 nitrogen and oxygen atoms in total. The van der Waals surface area contributed by atoms with Gasteiger partial charge in [0, 0.05) is 29.7 Å². The van der Waals surface area contributed by atoms with Gasteiger partial charge in [-0.25, -0.2) is 0 Å². The van der Waals surface area contributed by atoms with Crippen LogP contribution >= 0.6 is 0 Å². The summed E-state index contributed by atoms with van der Waals surface area (Å²) in [4.78, 5) is 22.8. The number of nitro groups is 1. The van der Waals surface area contributed by atoms with Crippen LogP contribution in [-0.2, 0) is 0 Å². The molecule has 0 aliphatic carbocycles. The molecule has 1 amide bonds. The Morgan fingerprint density at radius 2 is 1.92 bits per heavy atom. The van der Waals surface area contributed by atoms with E-state index in [0.717, 1.165) is 16.9 Å². The Labute approximate surface area is 146 Å². The van der Waals surface area contributed by atoms with E-state index in [0.29, 0.717) is 12.0 Å². The van der Waals surface area contributed by atoms with Crippen LogP contribution in [0.2, 0.25) is 0 Å². The molecule has 0 saturated carbocycles. The van der Waals surface area contributed by atoms with E-state index in [1.807, 2.05) is 39.0 Å². The Balaban J connectivity index is 1.84. The summed E-state index contributed by atoms with van der Waals surface area (Å²) >= 11 is 0. The number of benzene rings is 2. The summed E-state index contributed by atoms with van der Waals surface area (Å²) in [5.41, 5.74) is 2.00. The molecule has 0 radical (unpaired) electrons. The molecule has 1 heterocycles. The van der Waals surface area contributed by atoms with Gasteiger partial charge in [0.15, 0.2) is 0 Å². The summed E-state index contributed by atoms with van der Waals surface area (Å²) in [5, 5.41) is 13.8. The number of hydrogen-bond acceptors (Lipinski definition) is 4. The molecule has 1 aliphatic rings. The van der Waals surface area contributed by atoms with Crippen molar-refractivity contribution in [1.29, 1.82) is 0 Å². The number of fused-ring (bicyclic) bond motifs is 1. The van der Waals surface area contributed by atoms with E-state index in [4.69, 9.17) is 4.74 Å². The van der Waals surface area contributed by atoms with Crippen molar-refractivity contribution in [2.45, 2.75) is 38.8 Å². The number of nitrogens with zero attached hydrogens (tertiary/aromatic N) is 1. The van der Waals surface area contributed by atoms with Gasteiger partial charge in [0.1, 0.15) is 11.4 Å². The molecule has 1 N–H and O–H groups in total. The molecule has 0 bridgehead atoms. The molecule has 3 rings (SSSR count). The van der Waals surface area contributed by atoms with Gasteiger partial charge < -0.3 is 10.1 Å². The number of carbonyl (C=O) groups is 1. The molecule has 0 spiro atoms. The Morgan fingerprint density at radius 3 is 2.56 bits per heavy atom. The molecular weight excluding hydrogens is 320 g/mol. The van der Waals surface area contributed by atoms with Crippen LogP contribution in [0.1, 0.15) is 47.8 Å². The van der Waals surface area contributed by atoms with Gasteiger partial charge in [-0.3, -0.25) is 14.9 Å². The van der Waals surface area contributed by atoms with Crippen LogP contribution in [0, 0.1) is 17.0 Å². The number of non-ortho nitro benzene ring substituents is 1. The van der Waals surface area contributed by atoms with Gasteiger partial charge in [-0.05, 0) is 44.5 Å². The lowest BCUT2D eigenvalue weighted by molar-refractivity contribution is -0.384. The Morgan fingerprint density at radius 1 is 1.24 bits per heavy atom. The second-order valence-electron chi connectivity index (χ2n) is 6.94. The summed E-state index contributed by atoms with van der Waals surface area (Å²) in [5.74, 6) is 0.523. The monoisotopic (exact) mass is 340 g/mol. The van der Waals surface area contributed by atoms with Crippen molar-refractivity contribution >= 4 is 11.6 Å². The number of nitrogens with one attached hydrogen (secondary N) is 1. The van der Waals surface area contributed by atoms with Gasteiger partial charge in [-0.15, -0.1) is 0 Å². The molecule has 130 valence electrons. The summed E-state index contributed by atoms with van der Waals surface area (Å²) in [7, 11) is 0. The minimum Gasteiger partial charge on any atom is -0.487 e. The Hall–Kier alpha value is -2.89. The first-order valence-corrected chi connectivity index (χ1v) is 8.10. The minimum absolute atomic E-state index is 0.0374. The van der Waals surface area contributed by atoms with Gasteiger partial charge in [0.2, 0.25) is 0 Å². The maximum atomic E-state index is 12.6. The number of rotatable bonds is 3. The average Bonchev–Trinajstić information content (AvgIpc) is 2.53. The van der Waals surface area contributed by atoms with E-state index < -0.39 is 10.5 Å². The van der Waals surface area contributed by atoms with Gasteiger partial charge in [0.05, 0.1) is 11.0 Å². The lowest BCUT2D eigenvalue weighted by Gasteiger charge is -2.38. The number of carbonyl (C=O) groups excluding carboxylic acids is 1. The molecule has 25 heavy (non-hydrogen) atoms. The van der Waals surface area contributed by atoms with E-state index in [-0.39, 0.29) is 17.6 Å². The molecule has 2 aromatic rings. The highest BCUT2D eigenvalue weighted by atomic mass is 16.6. The van der Waals surface area contributed by atoms with E-state index in [9.17, 15) is 14.9 Å². The van der Waals surface area contributed by atoms with E-state index in [2.05, 4.69) is 5.32 Å². The van der Waals surface area contributed by atoms with Crippen molar-refractivity contribution in [3.63, 3.8) is 0 Å². The summed E-state index contributed by atoms with van der Waals surface area (Å²) < 4.78 is 6.03. The molecule has 2 aromatic carbocycles. The summed E-state index contributed by atoms with van der Waals surface area (Å²) in [6.07, 6.45) is 0.641. The first kappa shape index (κ1) is 17.0. The van der Waals surface area contributed by atoms with Crippen molar-refractivity contribution < 1.29 is 14.5 Å². The normalized spacial score (nSPS) is 18.0. The maximum Gasteiger partial charge on any atom is 0.269 e. The second kappa shape index (κ2) is 6.20. The molecule has 6 heteroatoms. The fraction of sp³-hybridized carbons (Fsp3) is 0.316. The standard InChI is InChI=1S/C19H20N2O4/c1-12-4-9-15-16(11-19(2,3)25-17(15)10-12)20-18(22)13-5-7-14(8-6-13)21(23)24/h4-10,16H,11H2,1-3H3,(H,20,22). The number of nitro benzene ring substituents is 1. The predicted octanol–water partition coefficient (Wildman–Crippen LogP) is 3.94. The average molecular weight is 340 g/mol. The zero-order valence-corrected chi connectivity index (χ0v) is 14.4. The van der Waals surface area contributed by atoms with Crippen molar-refractivity contribution in [1.82, 2.24) is 5.32 Å². The first-order valence-electron chi connectivity index (χ1n) is 8.10. The van der Waals surface area contributed by atoms with E-state index in [1.165, 1.54) is 24.3 Å². The lowest BCUT2D eigenvalue weighted by atomic mass is 9.89. The molecule has 1 unspecified atom stereocenters. The lowest BCUT2D eigenvalue weighted by Crippen LogP contribution is -2.41. The summed E-state index contributed by atoms with van der Waals surface area (Å²) in [6.45, 7) is 5.97. The van der Waals surface area contributed by atoms with Crippen molar-refractivity contribution in [2.24, 2.45) is 0 Å². The zero-order chi connectivity index (χ0) is 18.2. The number of hydrogen-bond donors (Lipinski definition) is 1. The van der Waals surface area contributed by atoms with Crippen molar-refractivity contribution in [3.8, 4) is 5.75 Å². The predicted molar refractivity (Wildman–Crippen MR) is 93.8 cm³/mol.